The summed E-state index contributed by atoms with van der Waals surface area (Å²) in [4.78, 5) is 42.4. The van der Waals surface area contributed by atoms with Gasteiger partial charge in [-0.2, -0.15) is 9.78 Å². The number of hydrogen-bond donors (Lipinski definition) is 0. The van der Waals surface area contributed by atoms with Gasteiger partial charge in [0.25, 0.3) is 11.4 Å². The lowest BCUT2D eigenvalue weighted by molar-refractivity contribution is -0.523. The largest absolute Gasteiger partial charge is 0.269 e. The van der Waals surface area contributed by atoms with Crippen molar-refractivity contribution in [1.29, 1.82) is 0 Å². The topological polar surface area (TPSA) is 123 Å². The Labute approximate surface area is 172 Å². The molecule has 0 radical (unpaired) electrons. The van der Waals surface area contributed by atoms with Crippen LogP contribution in [0.2, 0.25) is 0 Å². The third-order valence-electron chi connectivity index (χ3n) is 4.78. The zero-order valence-corrected chi connectivity index (χ0v) is 16.2. The Bertz CT molecular complexity index is 783. The van der Waals surface area contributed by atoms with E-state index >= 15 is 0 Å². The van der Waals surface area contributed by atoms with Crippen LogP contribution in [0.1, 0.15) is 43.2 Å². The molecule has 0 heterocycles. The van der Waals surface area contributed by atoms with E-state index in [2.05, 4.69) is 0 Å². The lowest BCUT2D eigenvalue weighted by Gasteiger charge is -2.33. The minimum atomic E-state index is -1.04. The molecule has 0 saturated heterocycles. The summed E-state index contributed by atoms with van der Waals surface area (Å²) in [5, 5.41) is 21.4. The van der Waals surface area contributed by atoms with Crippen LogP contribution in [-0.2, 0) is 32.8 Å². The van der Waals surface area contributed by atoms with E-state index in [1.165, 1.54) is 24.3 Å². The molecular formula is C20H22N2O8. The number of nitrogens with zero attached hydrogens (tertiary/aromatic N) is 2. The maximum atomic E-state index is 10.7. The molecule has 1 aliphatic carbocycles. The van der Waals surface area contributed by atoms with E-state index in [-0.39, 0.29) is 24.6 Å². The van der Waals surface area contributed by atoms with Gasteiger partial charge in [0.1, 0.15) is 13.2 Å². The zero-order valence-electron chi connectivity index (χ0n) is 16.2. The fraction of sp³-hybridized carbons (Fsp3) is 0.400. The third kappa shape index (κ3) is 6.04. The van der Waals surface area contributed by atoms with Gasteiger partial charge in [0.05, 0.1) is 9.85 Å². The molecule has 2 aromatic carbocycles. The molecule has 0 amide bonds. The smallest absolute Gasteiger partial charge is 0.258 e. The second kappa shape index (κ2) is 10.2. The van der Waals surface area contributed by atoms with Crippen molar-refractivity contribution in [3.63, 3.8) is 0 Å². The van der Waals surface area contributed by atoms with Gasteiger partial charge in [-0.05, 0) is 48.2 Å². The molecule has 1 fully saturated rings. The van der Waals surface area contributed by atoms with E-state index in [9.17, 15) is 20.2 Å². The highest BCUT2D eigenvalue weighted by atomic mass is 17.3. The molecule has 3 rings (SSSR count). The van der Waals surface area contributed by atoms with Gasteiger partial charge in [-0.25, -0.2) is 9.78 Å². The van der Waals surface area contributed by atoms with E-state index in [1.807, 2.05) is 0 Å². The molecule has 0 aromatic heterocycles. The summed E-state index contributed by atoms with van der Waals surface area (Å²) in [7, 11) is 0. The van der Waals surface area contributed by atoms with Crippen molar-refractivity contribution < 1.29 is 29.4 Å². The summed E-state index contributed by atoms with van der Waals surface area (Å²) in [6, 6.07) is 12.0. The quantitative estimate of drug-likeness (QED) is 0.234. The second-order valence-corrected chi connectivity index (χ2v) is 7.01. The lowest BCUT2D eigenvalue weighted by atomic mass is 9.94. The normalized spacial score (nSPS) is 15.6. The number of benzene rings is 2. The van der Waals surface area contributed by atoms with Crippen molar-refractivity contribution in [3.05, 3.63) is 79.9 Å². The molecule has 0 spiro atoms. The molecule has 0 aliphatic heterocycles. The Morgan fingerprint density at radius 1 is 0.700 bits per heavy atom. The van der Waals surface area contributed by atoms with Gasteiger partial charge in [-0.1, -0.05) is 6.42 Å². The van der Waals surface area contributed by atoms with Crippen LogP contribution in [-0.4, -0.2) is 15.6 Å². The zero-order chi connectivity index (χ0) is 21.4. The van der Waals surface area contributed by atoms with E-state index < -0.39 is 15.6 Å². The summed E-state index contributed by atoms with van der Waals surface area (Å²) in [6.45, 7) is 0.205. The minimum absolute atomic E-state index is 0.00592. The van der Waals surface area contributed by atoms with Crippen LogP contribution in [0, 0.1) is 20.2 Å². The summed E-state index contributed by atoms with van der Waals surface area (Å²) in [5.41, 5.74) is 1.45. The molecule has 160 valence electrons. The van der Waals surface area contributed by atoms with Crippen molar-refractivity contribution in [3.8, 4) is 0 Å². The van der Waals surface area contributed by atoms with Crippen molar-refractivity contribution in [1.82, 2.24) is 0 Å². The Hall–Kier alpha value is -2.92. The van der Waals surface area contributed by atoms with Gasteiger partial charge in [0.15, 0.2) is 0 Å². The molecule has 1 aliphatic rings. The molecule has 0 atom stereocenters. The van der Waals surface area contributed by atoms with E-state index in [4.69, 9.17) is 19.6 Å². The predicted molar refractivity (Wildman–Crippen MR) is 104 cm³/mol. The molecule has 0 unspecified atom stereocenters. The number of rotatable bonds is 10. The fourth-order valence-corrected chi connectivity index (χ4v) is 3.11. The molecule has 0 bridgehead atoms. The van der Waals surface area contributed by atoms with Gasteiger partial charge >= 0.3 is 0 Å². The Morgan fingerprint density at radius 3 is 1.47 bits per heavy atom. The Balaban J connectivity index is 1.51. The summed E-state index contributed by atoms with van der Waals surface area (Å²) < 4.78 is 0. The second-order valence-electron chi connectivity index (χ2n) is 7.01. The van der Waals surface area contributed by atoms with Crippen molar-refractivity contribution >= 4 is 11.4 Å². The van der Waals surface area contributed by atoms with Crippen LogP contribution in [0.3, 0.4) is 0 Å². The third-order valence-corrected chi connectivity index (χ3v) is 4.78. The van der Waals surface area contributed by atoms with Crippen LogP contribution in [0.15, 0.2) is 48.5 Å². The Morgan fingerprint density at radius 2 is 1.10 bits per heavy atom. The maximum absolute atomic E-state index is 10.7. The highest BCUT2D eigenvalue weighted by Crippen LogP contribution is 2.34. The number of hydrogen-bond acceptors (Lipinski definition) is 8. The molecule has 2 aromatic rings. The first-order valence-electron chi connectivity index (χ1n) is 9.55. The van der Waals surface area contributed by atoms with Crippen molar-refractivity contribution in [2.24, 2.45) is 0 Å². The molecule has 30 heavy (non-hydrogen) atoms. The fourth-order valence-electron chi connectivity index (χ4n) is 3.11. The SMILES string of the molecule is O=[N+]([O-])c1ccc(COOC2(OOCc3ccc([N+](=O)[O-])cc3)CCCCC2)cc1. The molecule has 10 nitrogen and oxygen atoms in total. The van der Waals surface area contributed by atoms with Crippen LogP contribution >= 0.6 is 0 Å². The summed E-state index contributed by atoms with van der Waals surface area (Å²) >= 11 is 0. The number of nitro benzene ring substituents is 2. The Kier molecular flexibility index (Phi) is 7.41. The van der Waals surface area contributed by atoms with Gasteiger partial charge in [0.2, 0.25) is 5.79 Å². The summed E-state index contributed by atoms with van der Waals surface area (Å²) in [6.07, 6.45) is 4.02. The highest BCUT2D eigenvalue weighted by Gasteiger charge is 2.37. The van der Waals surface area contributed by atoms with E-state index in [1.54, 1.807) is 24.3 Å². The minimum Gasteiger partial charge on any atom is -0.258 e. The average Bonchev–Trinajstić information content (AvgIpc) is 2.75. The van der Waals surface area contributed by atoms with Crippen molar-refractivity contribution in [2.45, 2.75) is 51.1 Å². The number of nitro groups is 2. The lowest BCUT2D eigenvalue weighted by Crippen LogP contribution is -2.38. The molecule has 1 saturated carbocycles. The van der Waals surface area contributed by atoms with Crippen LogP contribution < -0.4 is 0 Å². The van der Waals surface area contributed by atoms with Gasteiger partial charge in [-0.3, -0.25) is 20.2 Å². The maximum Gasteiger partial charge on any atom is 0.269 e. The van der Waals surface area contributed by atoms with Gasteiger partial charge in [-0.15, -0.1) is 0 Å². The van der Waals surface area contributed by atoms with Crippen molar-refractivity contribution in [2.75, 3.05) is 0 Å². The first kappa shape index (κ1) is 21.8. The van der Waals surface area contributed by atoms with Crippen LogP contribution in [0.4, 0.5) is 11.4 Å². The first-order chi connectivity index (χ1) is 14.5. The van der Waals surface area contributed by atoms with Crippen LogP contribution in [0.25, 0.3) is 0 Å². The van der Waals surface area contributed by atoms with Gasteiger partial charge in [0, 0.05) is 37.1 Å². The summed E-state index contributed by atoms with van der Waals surface area (Å²) in [5.74, 6) is -1.04. The standard InChI is InChI=1S/C20H22N2O8/c23-21(24)18-8-4-16(5-9-18)14-27-29-20(12-2-1-3-13-20)30-28-15-17-6-10-19(11-7-17)22(25)26/h4-11H,1-3,12-15H2. The average molecular weight is 418 g/mol. The highest BCUT2D eigenvalue weighted by molar-refractivity contribution is 5.33. The van der Waals surface area contributed by atoms with Gasteiger partial charge < -0.3 is 0 Å². The van der Waals surface area contributed by atoms with E-state index in [0.717, 1.165) is 30.4 Å². The first-order valence-corrected chi connectivity index (χ1v) is 9.55. The monoisotopic (exact) mass is 418 g/mol. The number of non-ortho nitro benzene ring substituents is 2. The van der Waals surface area contributed by atoms with Crippen LogP contribution in [0.5, 0.6) is 0 Å². The molecule has 10 heteroatoms. The van der Waals surface area contributed by atoms with E-state index in [0.29, 0.717) is 12.8 Å². The molecular weight excluding hydrogens is 396 g/mol. The molecule has 0 N–H and O–H groups in total. The predicted octanol–water partition coefficient (Wildman–Crippen LogP) is 4.76.